The summed E-state index contributed by atoms with van der Waals surface area (Å²) in [6.07, 6.45) is -1.52. The number of aromatic nitrogens is 2. The van der Waals surface area contributed by atoms with Crippen LogP contribution in [-0.4, -0.2) is 32.2 Å². The quantitative estimate of drug-likeness (QED) is 0.605. The van der Waals surface area contributed by atoms with E-state index in [-0.39, 0.29) is 12.2 Å². The molecule has 1 aromatic carbocycles. The van der Waals surface area contributed by atoms with E-state index >= 15 is 0 Å². The van der Waals surface area contributed by atoms with Gasteiger partial charge in [-0.15, -0.1) is 0 Å². The number of primary amides is 1. The van der Waals surface area contributed by atoms with Crippen LogP contribution < -0.4 is 5.73 Å². The van der Waals surface area contributed by atoms with Crippen molar-refractivity contribution in [3.8, 4) is 0 Å². The predicted molar refractivity (Wildman–Crippen MR) is 56.5 cm³/mol. The second-order valence-electron chi connectivity index (χ2n) is 3.39. The minimum atomic E-state index is -1.52. The van der Waals surface area contributed by atoms with E-state index in [0.717, 1.165) is 0 Å². The fourth-order valence-electron chi connectivity index (χ4n) is 1.60. The van der Waals surface area contributed by atoms with Crippen molar-refractivity contribution in [3.63, 3.8) is 0 Å². The maximum Gasteiger partial charge on any atom is 0.269 e. The van der Waals surface area contributed by atoms with Crippen LogP contribution in [0, 0.1) is 0 Å². The standard InChI is InChI=1S/C10H11N3O3/c11-10(16)9-6-3-1-2-4-7(6)13(12-9)5-8(14)15/h1-4,8,14-15H,5H2,(H2,11,16). The van der Waals surface area contributed by atoms with E-state index in [1.54, 1.807) is 24.3 Å². The second kappa shape index (κ2) is 3.92. The van der Waals surface area contributed by atoms with E-state index in [9.17, 15) is 4.79 Å². The molecule has 6 nitrogen and oxygen atoms in total. The van der Waals surface area contributed by atoms with Crippen molar-refractivity contribution < 1.29 is 15.0 Å². The van der Waals surface area contributed by atoms with E-state index in [4.69, 9.17) is 15.9 Å². The molecule has 0 spiro atoms. The number of aliphatic hydroxyl groups is 2. The van der Waals surface area contributed by atoms with Gasteiger partial charge in [-0.2, -0.15) is 5.10 Å². The Morgan fingerprint density at radius 3 is 2.75 bits per heavy atom. The molecule has 1 amide bonds. The molecule has 84 valence electrons. The Kier molecular flexibility index (Phi) is 2.59. The minimum Gasteiger partial charge on any atom is -0.367 e. The van der Waals surface area contributed by atoms with Crippen molar-refractivity contribution in [1.82, 2.24) is 9.78 Å². The molecule has 0 bridgehead atoms. The Balaban J connectivity index is 2.62. The molecule has 2 rings (SSSR count). The van der Waals surface area contributed by atoms with Crippen LogP contribution in [0.2, 0.25) is 0 Å². The molecule has 0 aliphatic heterocycles. The molecule has 0 saturated heterocycles. The van der Waals surface area contributed by atoms with Gasteiger partial charge in [-0.3, -0.25) is 9.48 Å². The molecule has 0 atom stereocenters. The molecule has 16 heavy (non-hydrogen) atoms. The van der Waals surface area contributed by atoms with E-state index in [1.165, 1.54) is 4.68 Å². The number of fused-ring (bicyclic) bond motifs is 1. The van der Waals surface area contributed by atoms with Gasteiger partial charge in [0.1, 0.15) is 0 Å². The number of rotatable bonds is 3. The molecule has 4 N–H and O–H groups in total. The number of carbonyl (C=O) groups excluding carboxylic acids is 1. The zero-order valence-corrected chi connectivity index (χ0v) is 8.37. The second-order valence-corrected chi connectivity index (χ2v) is 3.39. The molecular formula is C10H11N3O3. The van der Waals surface area contributed by atoms with Crippen molar-refractivity contribution in [1.29, 1.82) is 0 Å². The van der Waals surface area contributed by atoms with Crippen molar-refractivity contribution >= 4 is 16.8 Å². The third-order valence-corrected chi connectivity index (χ3v) is 2.23. The van der Waals surface area contributed by atoms with E-state index in [0.29, 0.717) is 10.9 Å². The van der Waals surface area contributed by atoms with Gasteiger partial charge in [0, 0.05) is 5.39 Å². The first-order valence-corrected chi connectivity index (χ1v) is 4.71. The third-order valence-electron chi connectivity index (χ3n) is 2.23. The highest BCUT2D eigenvalue weighted by Crippen LogP contribution is 2.18. The normalized spacial score (nSPS) is 11.2. The highest BCUT2D eigenvalue weighted by Gasteiger charge is 2.15. The molecule has 0 aliphatic rings. The largest absolute Gasteiger partial charge is 0.367 e. The fourth-order valence-corrected chi connectivity index (χ4v) is 1.60. The summed E-state index contributed by atoms with van der Waals surface area (Å²) in [6, 6.07) is 6.98. The molecule has 0 saturated carbocycles. The third kappa shape index (κ3) is 1.75. The SMILES string of the molecule is NC(=O)c1nn(CC(O)O)c2ccccc12. The van der Waals surface area contributed by atoms with Crippen molar-refractivity contribution in [2.75, 3.05) is 0 Å². The van der Waals surface area contributed by atoms with Crippen LogP contribution in [-0.2, 0) is 6.54 Å². The molecular weight excluding hydrogens is 210 g/mol. The van der Waals surface area contributed by atoms with Crippen molar-refractivity contribution in [2.45, 2.75) is 12.8 Å². The monoisotopic (exact) mass is 221 g/mol. The number of nitrogens with two attached hydrogens (primary N) is 1. The summed E-state index contributed by atoms with van der Waals surface area (Å²) in [5, 5.41) is 22.3. The number of carbonyl (C=O) groups is 1. The van der Waals surface area contributed by atoms with Gasteiger partial charge in [-0.25, -0.2) is 0 Å². The van der Waals surface area contributed by atoms with Crippen LogP contribution in [0.1, 0.15) is 10.5 Å². The lowest BCUT2D eigenvalue weighted by Crippen LogP contribution is -2.17. The number of aliphatic hydroxyl groups excluding tert-OH is 1. The fraction of sp³-hybridized carbons (Fsp3) is 0.200. The van der Waals surface area contributed by atoms with Crippen LogP contribution in [0.3, 0.4) is 0 Å². The topological polar surface area (TPSA) is 101 Å². The Morgan fingerprint density at radius 2 is 2.12 bits per heavy atom. The van der Waals surface area contributed by atoms with Gasteiger partial charge >= 0.3 is 0 Å². The van der Waals surface area contributed by atoms with E-state index in [1.807, 2.05) is 0 Å². The molecule has 1 aromatic heterocycles. The summed E-state index contributed by atoms with van der Waals surface area (Å²) >= 11 is 0. The first kappa shape index (κ1) is 10.6. The highest BCUT2D eigenvalue weighted by atomic mass is 16.5. The maximum absolute atomic E-state index is 11.1. The Labute approximate surface area is 90.9 Å². The summed E-state index contributed by atoms with van der Waals surface area (Å²) in [5.74, 6) is -0.637. The average molecular weight is 221 g/mol. The highest BCUT2D eigenvalue weighted by molar-refractivity contribution is 6.04. The summed E-state index contributed by atoms with van der Waals surface area (Å²) in [7, 11) is 0. The van der Waals surface area contributed by atoms with Crippen LogP contribution in [0.4, 0.5) is 0 Å². The Morgan fingerprint density at radius 1 is 1.44 bits per heavy atom. The lowest BCUT2D eigenvalue weighted by molar-refractivity contribution is -0.0527. The van der Waals surface area contributed by atoms with Gasteiger partial charge in [-0.05, 0) is 6.07 Å². The van der Waals surface area contributed by atoms with E-state index in [2.05, 4.69) is 5.10 Å². The van der Waals surface area contributed by atoms with Gasteiger partial charge in [0.25, 0.3) is 5.91 Å². The molecule has 6 heteroatoms. The summed E-state index contributed by atoms with van der Waals surface area (Å²) in [5.41, 5.74) is 5.96. The predicted octanol–water partition coefficient (Wildman–Crippen LogP) is -0.554. The van der Waals surface area contributed by atoms with Crippen molar-refractivity contribution in [2.24, 2.45) is 5.73 Å². The number of nitrogens with zero attached hydrogens (tertiary/aromatic N) is 2. The average Bonchev–Trinajstić information content (AvgIpc) is 2.57. The molecule has 0 unspecified atom stereocenters. The smallest absolute Gasteiger partial charge is 0.269 e. The Bertz CT molecular complexity index is 533. The van der Waals surface area contributed by atoms with Gasteiger partial charge in [0.15, 0.2) is 12.0 Å². The van der Waals surface area contributed by atoms with E-state index < -0.39 is 12.2 Å². The summed E-state index contributed by atoms with van der Waals surface area (Å²) in [6.45, 7) is -0.103. The van der Waals surface area contributed by atoms with Gasteiger partial charge in [0.2, 0.25) is 0 Å². The first-order valence-electron chi connectivity index (χ1n) is 4.71. The van der Waals surface area contributed by atoms with Crippen LogP contribution in [0.25, 0.3) is 10.9 Å². The lowest BCUT2D eigenvalue weighted by Gasteiger charge is -2.04. The summed E-state index contributed by atoms with van der Waals surface area (Å²) < 4.78 is 1.35. The molecule has 0 radical (unpaired) electrons. The maximum atomic E-state index is 11.1. The number of amides is 1. The number of hydrogen-bond donors (Lipinski definition) is 3. The van der Waals surface area contributed by atoms with Crippen LogP contribution in [0.5, 0.6) is 0 Å². The van der Waals surface area contributed by atoms with Crippen LogP contribution >= 0.6 is 0 Å². The van der Waals surface area contributed by atoms with Crippen LogP contribution in [0.15, 0.2) is 24.3 Å². The van der Waals surface area contributed by atoms with Gasteiger partial charge in [-0.1, -0.05) is 18.2 Å². The molecule has 0 aliphatic carbocycles. The first-order chi connectivity index (χ1) is 7.59. The number of hydrogen-bond acceptors (Lipinski definition) is 4. The Hall–Kier alpha value is -1.92. The number of para-hydroxylation sites is 1. The van der Waals surface area contributed by atoms with Gasteiger partial charge in [0.05, 0.1) is 12.1 Å². The zero-order valence-electron chi connectivity index (χ0n) is 8.37. The lowest BCUT2D eigenvalue weighted by atomic mass is 10.2. The summed E-state index contributed by atoms with van der Waals surface area (Å²) in [4.78, 5) is 11.1. The van der Waals surface area contributed by atoms with Gasteiger partial charge < -0.3 is 15.9 Å². The molecule has 2 aromatic rings. The molecule has 1 heterocycles. The van der Waals surface area contributed by atoms with Crippen molar-refractivity contribution in [3.05, 3.63) is 30.0 Å². The zero-order chi connectivity index (χ0) is 11.7. The minimum absolute atomic E-state index is 0.103. The molecule has 0 fully saturated rings. The number of benzene rings is 1.